The Morgan fingerprint density at radius 1 is 0.654 bits per heavy atom. The summed E-state index contributed by atoms with van der Waals surface area (Å²) in [5.41, 5.74) is 2.64. The Labute approximate surface area is 151 Å². The van der Waals surface area contributed by atoms with Gasteiger partial charge in [-0.1, -0.05) is 54.6 Å². The normalized spacial score (nSPS) is 10.2. The molecular formula is C22H17NO3. The number of hydrogen-bond donors (Lipinski definition) is 1. The quantitative estimate of drug-likeness (QED) is 0.700. The molecule has 0 saturated carbocycles. The lowest BCUT2D eigenvalue weighted by Gasteiger charge is -2.07. The van der Waals surface area contributed by atoms with Crippen LogP contribution in [-0.4, -0.2) is 17.5 Å². The minimum atomic E-state index is -0.301. The molecular weight excluding hydrogens is 326 g/mol. The van der Waals surface area contributed by atoms with E-state index in [9.17, 15) is 14.4 Å². The van der Waals surface area contributed by atoms with Gasteiger partial charge in [-0.05, 0) is 31.2 Å². The zero-order valence-electron chi connectivity index (χ0n) is 14.2. The molecule has 0 atom stereocenters. The van der Waals surface area contributed by atoms with Crippen LogP contribution in [0.3, 0.4) is 0 Å². The average molecular weight is 343 g/mol. The minimum Gasteiger partial charge on any atom is -0.322 e. The van der Waals surface area contributed by atoms with Gasteiger partial charge in [-0.3, -0.25) is 14.4 Å². The van der Waals surface area contributed by atoms with E-state index < -0.39 is 0 Å². The first-order valence-corrected chi connectivity index (χ1v) is 8.17. The first-order chi connectivity index (χ1) is 12.5. The number of anilines is 1. The molecule has 3 aromatic rings. The predicted molar refractivity (Wildman–Crippen MR) is 101 cm³/mol. The van der Waals surface area contributed by atoms with Gasteiger partial charge in [0, 0.05) is 27.9 Å². The maximum Gasteiger partial charge on any atom is 0.255 e. The van der Waals surface area contributed by atoms with Crippen molar-refractivity contribution < 1.29 is 14.4 Å². The van der Waals surface area contributed by atoms with Crippen LogP contribution in [0.15, 0.2) is 78.9 Å². The number of Topliss-reactive ketones (excluding diaryl/α,β-unsaturated/α-hetero) is 1. The molecule has 0 aliphatic carbocycles. The SMILES string of the molecule is CC(=O)c1cccc(NC(=O)c2ccc(C(=O)c3ccccc3)cc2)c1. The van der Waals surface area contributed by atoms with Crippen LogP contribution in [0.5, 0.6) is 0 Å². The Bertz CT molecular complexity index is 960. The van der Waals surface area contributed by atoms with Crippen molar-refractivity contribution in [2.75, 3.05) is 5.32 Å². The van der Waals surface area contributed by atoms with Crippen LogP contribution in [0.1, 0.15) is 43.6 Å². The van der Waals surface area contributed by atoms with E-state index in [0.29, 0.717) is 27.9 Å². The summed E-state index contributed by atoms with van der Waals surface area (Å²) in [6.07, 6.45) is 0. The summed E-state index contributed by atoms with van der Waals surface area (Å²) >= 11 is 0. The van der Waals surface area contributed by atoms with E-state index in [-0.39, 0.29) is 17.5 Å². The topological polar surface area (TPSA) is 63.2 Å². The summed E-state index contributed by atoms with van der Waals surface area (Å²) < 4.78 is 0. The maximum absolute atomic E-state index is 12.4. The Kier molecular flexibility index (Phi) is 5.04. The third kappa shape index (κ3) is 3.92. The Morgan fingerprint density at radius 3 is 1.88 bits per heavy atom. The minimum absolute atomic E-state index is 0.0649. The van der Waals surface area contributed by atoms with Crippen LogP contribution in [0, 0.1) is 0 Å². The van der Waals surface area contributed by atoms with Gasteiger partial charge in [-0.15, -0.1) is 0 Å². The van der Waals surface area contributed by atoms with Crippen molar-refractivity contribution in [2.24, 2.45) is 0 Å². The van der Waals surface area contributed by atoms with Gasteiger partial charge in [0.2, 0.25) is 0 Å². The number of rotatable bonds is 5. The lowest BCUT2D eigenvalue weighted by molar-refractivity contribution is 0.101. The lowest BCUT2D eigenvalue weighted by atomic mass is 10.0. The first kappa shape index (κ1) is 17.3. The summed E-state index contributed by atoms with van der Waals surface area (Å²) in [5, 5.41) is 2.76. The Morgan fingerprint density at radius 2 is 1.23 bits per heavy atom. The summed E-state index contributed by atoms with van der Waals surface area (Å²) in [6, 6.07) is 22.2. The number of nitrogens with one attached hydrogen (secondary N) is 1. The smallest absolute Gasteiger partial charge is 0.255 e. The number of carbonyl (C=O) groups excluding carboxylic acids is 3. The van der Waals surface area contributed by atoms with E-state index in [0.717, 1.165) is 0 Å². The van der Waals surface area contributed by atoms with Gasteiger partial charge in [0.05, 0.1) is 0 Å². The maximum atomic E-state index is 12.4. The van der Waals surface area contributed by atoms with Crippen molar-refractivity contribution in [3.63, 3.8) is 0 Å². The molecule has 0 radical (unpaired) electrons. The second kappa shape index (κ2) is 7.57. The molecule has 3 aromatic carbocycles. The molecule has 26 heavy (non-hydrogen) atoms. The van der Waals surface area contributed by atoms with Crippen LogP contribution in [0.25, 0.3) is 0 Å². The van der Waals surface area contributed by atoms with Crippen molar-refractivity contribution in [1.29, 1.82) is 0 Å². The molecule has 0 saturated heterocycles. The summed E-state index contributed by atoms with van der Waals surface area (Å²) in [5.74, 6) is -0.457. The highest BCUT2D eigenvalue weighted by Crippen LogP contribution is 2.15. The van der Waals surface area contributed by atoms with Crippen LogP contribution in [-0.2, 0) is 0 Å². The summed E-state index contributed by atoms with van der Waals surface area (Å²) in [7, 11) is 0. The molecule has 128 valence electrons. The van der Waals surface area contributed by atoms with Gasteiger partial charge in [0.25, 0.3) is 5.91 Å². The van der Waals surface area contributed by atoms with Crippen LogP contribution in [0.4, 0.5) is 5.69 Å². The number of ketones is 2. The molecule has 0 aliphatic heterocycles. The number of carbonyl (C=O) groups is 3. The number of benzene rings is 3. The van der Waals surface area contributed by atoms with Crippen molar-refractivity contribution in [1.82, 2.24) is 0 Å². The molecule has 1 amide bonds. The third-order valence-electron chi connectivity index (χ3n) is 3.97. The summed E-state index contributed by atoms with van der Waals surface area (Å²) in [4.78, 5) is 36.2. The van der Waals surface area contributed by atoms with E-state index in [1.54, 1.807) is 60.7 Å². The second-order valence-electron chi connectivity index (χ2n) is 5.86. The van der Waals surface area contributed by atoms with E-state index in [2.05, 4.69) is 5.32 Å². The van der Waals surface area contributed by atoms with E-state index in [1.165, 1.54) is 6.92 Å². The fourth-order valence-electron chi connectivity index (χ4n) is 2.55. The van der Waals surface area contributed by atoms with Gasteiger partial charge < -0.3 is 5.32 Å². The van der Waals surface area contributed by atoms with Crippen molar-refractivity contribution in [3.05, 3.63) is 101 Å². The van der Waals surface area contributed by atoms with E-state index in [4.69, 9.17) is 0 Å². The first-order valence-electron chi connectivity index (χ1n) is 8.17. The van der Waals surface area contributed by atoms with E-state index >= 15 is 0 Å². The Hall–Kier alpha value is -3.53. The van der Waals surface area contributed by atoms with Gasteiger partial charge in [0.15, 0.2) is 11.6 Å². The Balaban J connectivity index is 1.74. The van der Waals surface area contributed by atoms with Crippen LogP contribution >= 0.6 is 0 Å². The number of amides is 1. The van der Waals surface area contributed by atoms with Gasteiger partial charge >= 0.3 is 0 Å². The summed E-state index contributed by atoms with van der Waals surface area (Å²) in [6.45, 7) is 1.48. The molecule has 0 bridgehead atoms. The number of hydrogen-bond acceptors (Lipinski definition) is 3. The average Bonchev–Trinajstić information content (AvgIpc) is 2.68. The van der Waals surface area contributed by atoms with Gasteiger partial charge in [-0.2, -0.15) is 0 Å². The fraction of sp³-hybridized carbons (Fsp3) is 0.0455. The molecule has 0 unspecified atom stereocenters. The molecule has 0 heterocycles. The lowest BCUT2D eigenvalue weighted by Crippen LogP contribution is -2.12. The van der Waals surface area contributed by atoms with E-state index in [1.807, 2.05) is 18.2 Å². The molecule has 0 spiro atoms. The second-order valence-corrected chi connectivity index (χ2v) is 5.86. The third-order valence-corrected chi connectivity index (χ3v) is 3.97. The van der Waals surface area contributed by atoms with Crippen LogP contribution < -0.4 is 5.32 Å². The molecule has 4 nitrogen and oxygen atoms in total. The van der Waals surface area contributed by atoms with Gasteiger partial charge in [0.1, 0.15) is 0 Å². The fourth-order valence-corrected chi connectivity index (χ4v) is 2.55. The zero-order chi connectivity index (χ0) is 18.5. The highest BCUT2D eigenvalue weighted by atomic mass is 16.1. The standard InChI is InChI=1S/C22H17NO3/c1-15(24)19-8-5-9-20(14-19)23-22(26)18-12-10-17(11-13-18)21(25)16-6-3-2-4-7-16/h2-14H,1H3,(H,23,26). The molecule has 4 heteroatoms. The molecule has 0 fully saturated rings. The molecule has 3 rings (SSSR count). The molecule has 0 aliphatic rings. The monoisotopic (exact) mass is 343 g/mol. The molecule has 1 N–H and O–H groups in total. The zero-order valence-corrected chi connectivity index (χ0v) is 14.2. The largest absolute Gasteiger partial charge is 0.322 e. The van der Waals surface area contributed by atoms with Crippen molar-refractivity contribution in [3.8, 4) is 0 Å². The van der Waals surface area contributed by atoms with Crippen LogP contribution in [0.2, 0.25) is 0 Å². The molecule has 0 aromatic heterocycles. The predicted octanol–water partition coefficient (Wildman–Crippen LogP) is 4.37. The van der Waals surface area contributed by atoms with Gasteiger partial charge in [-0.25, -0.2) is 0 Å². The highest BCUT2D eigenvalue weighted by molar-refractivity contribution is 6.10. The van der Waals surface area contributed by atoms with Crippen molar-refractivity contribution in [2.45, 2.75) is 6.92 Å². The highest BCUT2D eigenvalue weighted by Gasteiger charge is 2.11. The van der Waals surface area contributed by atoms with Crippen molar-refractivity contribution >= 4 is 23.2 Å².